The molecule has 0 bridgehead atoms. The first kappa shape index (κ1) is 18.5. The van der Waals surface area contributed by atoms with Crippen LogP contribution in [0.25, 0.3) is 11.1 Å². The number of hydrogen-bond donors (Lipinski definition) is 1. The molecule has 3 nitrogen and oxygen atoms in total. The van der Waals surface area contributed by atoms with Crippen LogP contribution in [-0.2, 0) is 11.2 Å². The fourth-order valence-corrected chi connectivity index (χ4v) is 3.51. The molecule has 0 saturated heterocycles. The second kappa shape index (κ2) is 8.44. The molecule has 4 aromatic rings. The Labute approximate surface area is 170 Å². The molecule has 0 aliphatic rings. The van der Waals surface area contributed by atoms with Crippen molar-refractivity contribution in [2.75, 3.05) is 4.90 Å². The number of para-hydroxylation sites is 2. The second-order valence-corrected chi connectivity index (χ2v) is 6.75. The smallest absolute Gasteiger partial charge is 0.235 e. The molecule has 0 fully saturated rings. The molecule has 0 spiro atoms. The van der Waals surface area contributed by atoms with Crippen molar-refractivity contribution in [2.24, 2.45) is 0 Å². The minimum absolute atomic E-state index is 0.0646. The van der Waals surface area contributed by atoms with Crippen molar-refractivity contribution in [1.29, 1.82) is 0 Å². The quantitative estimate of drug-likeness (QED) is 0.464. The average Bonchev–Trinajstić information content (AvgIpc) is 2.76. The Hall–Kier alpha value is -3.85. The summed E-state index contributed by atoms with van der Waals surface area (Å²) in [5.41, 5.74) is 4.00. The summed E-state index contributed by atoms with van der Waals surface area (Å²) < 4.78 is 0. The van der Waals surface area contributed by atoms with Gasteiger partial charge in [-0.1, -0.05) is 78.9 Å². The highest BCUT2D eigenvalue weighted by molar-refractivity contribution is 6.02. The normalized spacial score (nSPS) is 10.5. The maximum absolute atomic E-state index is 13.5. The predicted molar refractivity (Wildman–Crippen MR) is 117 cm³/mol. The first-order valence-electron chi connectivity index (χ1n) is 9.53. The van der Waals surface area contributed by atoms with Crippen molar-refractivity contribution >= 4 is 17.3 Å². The van der Waals surface area contributed by atoms with Crippen molar-refractivity contribution in [3.05, 3.63) is 115 Å². The first-order valence-corrected chi connectivity index (χ1v) is 9.53. The van der Waals surface area contributed by atoms with Gasteiger partial charge in [-0.15, -0.1) is 0 Å². The van der Waals surface area contributed by atoms with Crippen LogP contribution >= 0.6 is 0 Å². The molecule has 0 saturated carbocycles. The predicted octanol–water partition coefficient (Wildman–Crippen LogP) is 5.97. The van der Waals surface area contributed by atoms with Crippen molar-refractivity contribution in [3.63, 3.8) is 0 Å². The van der Waals surface area contributed by atoms with Crippen molar-refractivity contribution < 1.29 is 9.90 Å². The van der Waals surface area contributed by atoms with Crippen LogP contribution in [0.2, 0.25) is 0 Å². The number of carbonyl (C=O) groups is 1. The van der Waals surface area contributed by atoms with E-state index in [1.165, 1.54) is 0 Å². The van der Waals surface area contributed by atoms with Gasteiger partial charge >= 0.3 is 0 Å². The molecular weight excluding hydrogens is 358 g/mol. The molecule has 0 aliphatic carbocycles. The number of anilines is 2. The van der Waals surface area contributed by atoms with E-state index in [9.17, 15) is 9.90 Å². The number of nitrogens with zero attached hydrogens (tertiary/aromatic N) is 1. The topological polar surface area (TPSA) is 40.5 Å². The molecule has 1 N–H and O–H groups in total. The van der Waals surface area contributed by atoms with Gasteiger partial charge < -0.3 is 5.11 Å². The second-order valence-electron chi connectivity index (χ2n) is 6.75. The molecule has 0 radical (unpaired) electrons. The zero-order valence-electron chi connectivity index (χ0n) is 15.9. The number of phenolic OH excluding ortho intramolecular Hbond substituents is 1. The SMILES string of the molecule is O=C(Cc1cccc(O)c1-c1ccccc1)N(c1ccccc1)c1ccccc1. The van der Waals surface area contributed by atoms with Crippen LogP contribution < -0.4 is 4.90 Å². The summed E-state index contributed by atoms with van der Waals surface area (Å²) in [6.07, 6.45) is 0.169. The van der Waals surface area contributed by atoms with Gasteiger partial charge in [-0.25, -0.2) is 0 Å². The summed E-state index contributed by atoms with van der Waals surface area (Å²) >= 11 is 0. The third kappa shape index (κ3) is 4.04. The van der Waals surface area contributed by atoms with Gasteiger partial charge in [-0.3, -0.25) is 9.69 Å². The fraction of sp³-hybridized carbons (Fsp3) is 0.0385. The monoisotopic (exact) mass is 379 g/mol. The van der Waals surface area contributed by atoms with Crippen molar-refractivity contribution in [3.8, 4) is 16.9 Å². The van der Waals surface area contributed by atoms with E-state index in [4.69, 9.17) is 0 Å². The number of rotatable bonds is 5. The molecule has 0 atom stereocenters. The Balaban J connectivity index is 1.74. The third-order valence-corrected chi connectivity index (χ3v) is 4.81. The number of benzene rings is 4. The van der Waals surface area contributed by atoms with E-state index in [1.54, 1.807) is 17.0 Å². The van der Waals surface area contributed by atoms with E-state index in [-0.39, 0.29) is 18.1 Å². The van der Waals surface area contributed by atoms with Gasteiger partial charge in [0.05, 0.1) is 6.42 Å². The van der Waals surface area contributed by atoms with Crippen LogP contribution in [0.5, 0.6) is 5.75 Å². The highest BCUT2D eigenvalue weighted by Gasteiger charge is 2.20. The van der Waals surface area contributed by atoms with E-state index in [2.05, 4.69) is 0 Å². The lowest BCUT2D eigenvalue weighted by Gasteiger charge is -2.24. The van der Waals surface area contributed by atoms with E-state index in [1.807, 2.05) is 97.1 Å². The maximum atomic E-state index is 13.5. The standard InChI is InChI=1S/C26H21NO2/c28-24-18-10-13-21(26(24)20-11-4-1-5-12-20)19-25(29)27(22-14-6-2-7-15-22)23-16-8-3-9-17-23/h1-18,28H,19H2. The van der Waals surface area contributed by atoms with Gasteiger partial charge in [0.15, 0.2) is 0 Å². The molecule has 0 aromatic heterocycles. The highest BCUT2D eigenvalue weighted by Crippen LogP contribution is 2.34. The van der Waals surface area contributed by atoms with Crippen LogP contribution in [0.1, 0.15) is 5.56 Å². The van der Waals surface area contributed by atoms with Crippen LogP contribution in [0, 0.1) is 0 Å². The van der Waals surface area contributed by atoms with Gasteiger partial charge in [0.25, 0.3) is 0 Å². The Morgan fingerprint density at radius 2 is 1.17 bits per heavy atom. The van der Waals surface area contributed by atoms with E-state index in [0.717, 1.165) is 22.5 Å². The van der Waals surface area contributed by atoms with Gasteiger partial charge in [-0.05, 0) is 41.5 Å². The van der Waals surface area contributed by atoms with Crippen molar-refractivity contribution in [1.82, 2.24) is 0 Å². The lowest BCUT2D eigenvalue weighted by Crippen LogP contribution is -2.27. The minimum atomic E-state index is -0.0646. The first-order chi connectivity index (χ1) is 14.2. The molecule has 0 heterocycles. The van der Waals surface area contributed by atoms with E-state index >= 15 is 0 Å². The minimum Gasteiger partial charge on any atom is -0.507 e. The van der Waals surface area contributed by atoms with E-state index < -0.39 is 0 Å². The lowest BCUT2D eigenvalue weighted by molar-refractivity contribution is -0.117. The summed E-state index contributed by atoms with van der Waals surface area (Å²) in [4.78, 5) is 15.2. The van der Waals surface area contributed by atoms with Crippen LogP contribution in [0.15, 0.2) is 109 Å². The third-order valence-electron chi connectivity index (χ3n) is 4.81. The fourth-order valence-electron chi connectivity index (χ4n) is 3.51. The Kier molecular flexibility index (Phi) is 5.39. The van der Waals surface area contributed by atoms with Crippen LogP contribution in [0.3, 0.4) is 0 Å². The Morgan fingerprint density at radius 1 is 0.655 bits per heavy atom. The van der Waals surface area contributed by atoms with Crippen LogP contribution in [-0.4, -0.2) is 11.0 Å². The molecule has 1 amide bonds. The molecular formula is C26H21NO2. The van der Waals surface area contributed by atoms with Gasteiger partial charge in [0.1, 0.15) is 5.75 Å². The Morgan fingerprint density at radius 3 is 1.72 bits per heavy atom. The number of carbonyl (C=O) groups excluding carboxylic acids is 1. The van der Waals surface area contributed by atoms with Gasteiger partial charge in [0, 0.05) is 16.9 Å². The zero-order chi connectivity index (χ0) is 20.1. The van der Waals surface area contributed by atoms with Gasteiger partial charge in [-0.2, -0.15) is 0 Å². The molecule has 142 valence electrons. The molecule has 0 unspecified atom stereocenters. The maximum Gasteiger partial charge on any atom is 0.235 e. The molecule has 0 aliphatic heterocycles. The van der Waals surface area contributed by atoms with Crippen LogP contribution in [0.4, 0.5) is 11.4 Å². The Bertz CT molecular complexity index is 1050. The number of amides is 1. The summed E-state index contributed by atoms with van der Waals surface area (Å²) in [6, 6.07) is 34.2. The number of hydrogen-bond acceptors (Lipinski definition) is 2. The largest absolute Gasteiger partial charge is 0.507 e. The summed E-state index contributed by atoms with van der Waals surface area (Å²) in [5.74, 6) is 0.109. The average molecular weight is 379 g/mol. The lowest BCUT2D eigenvalue weighted by atomic mass is 9.96. The summed E-state index contributed by atoms with van der Waals surface area (Å²) in [5, 5.41) is 10.5. The van der Waals surface area contributed by atoms with E-state index in [0.29, 0.717) is 5.56 Å². The summed E-state index contributed by atoms with van der Waals surface area (Å²) in [7, 11) is 0. The zero-order valence-corrected chi connectivity index (χ0v) is 15.9. The van der Waals surface area contributed by atoms with Gasteiger partial charge in [0.2, 0.25) is 5.91 Å². The van der Waals surface area contributed by atoms with Crippen molar-refractivity contribution in [2.45, 2.75) is 6.42 Å². The summed E-state index contributed by atoms with van der Waals surface area (Å²) in [6.45, 7) is 0. The molecule has 29 heavy (non-hydrogen) atoms. The molecule has 4 aromatic carbocycles. The number of phenols is 1. The molecule has 4 rings (SSSR count). The number of aromatic hydroxyl groups is 1. The molecule has 3 heteroatoms. The highest BCUT2D eigenvalue weighted by atomic mass is 16.3.